The standard InChI is InChI=1S/C13H18N2O5S/c1-10-11(15(17)18)5-4-6-12(10)21(19,20)14-13(9-16)7-2-3-8-13/h4-6,14,16H,2-3,7-9H2,1H3. The Balaban J connectivity index is 2.41. The van der Waals surface area contributed by atoms with E-state index in [-0.39, 0.29) is 22.8 Å². The third kappa shape index (κ3) is 3.07. The van der Waals surface area contributed by atoms with Crippen molar-refractivity contribution in [2.45, 2.75) is 43.0 Å². The number of nitro groups is 1. The van der Waals surface area contributed by atoms with E-state index in [1.54, 1.807) is 0 Å². The third-order valence-electron chi connectivity index (χ3n) is 3.96. The summed E-state index contributed by atoms with van der Waals surface area (Å²) in [5.74, 6) is 0. The molecule has 8 heteroatoms. The number of sulfonamides is 1. The first-order valence-corrected chi connectivity index (χ1v) is 8.18. The molecule has 0 spiro atoms. The predicted molar refractivity (Wildman–Crippen MR) is 76.4 cm³/mol. The Morgan fingerprint density at radius 3 is 2.52 bits per heavy atom. The van der Waals surface area contributed by atoms with Gasteiger partial charge in [0.05, 0.1) is 22.0 Å². The average Bonchev–Trinajstić information content (AvgIpc) is 2.86. The molecule has 0 amide bonds. The Hall–Kier alpha value is -1.51. The maximum absolute atomic E-state index is 12.5. The van der Waals surface area contributed by atoms with E-state index in [2.05, 4.69) is 4.72 Å². The summed E-state index contributed by atoms with van der Waals surface area (Å²) in [6.45, 7) is 1.13. The average molecular weight is 314 g/mol. The Bertz CT molecular complexity index is 651. The SMILES string of the molecule is Cc1c([N+](=O)[O-])cccc1S(=O)(=O)NC1(CO)CCCC1. The van der Waals surface area contributed by atoms with Crippen LogP contribution in [-0.4, -0.2) is 30.6 Å². The lowest BCUT2D eigenvalue weighted by atomic mass is 10.0. The third-order valence-corrected chi connectivity index (χ3v) is 5.68. The molecule has 0 aromatic heterocycles. The highest BCUT2D eigenvalue weighted by atomic mass is 32.2. The maximum atomic E-state index is 12.5. The molecule has 2 N–H and O–H groups in total. The fourth-order valence-electron chi connectivity index (χ4n) is 2.78. The highest BCUT2D eigenvalue weighted by molar-refractivity contribution is 7.89. The fourth-order valence-corrected chi connectivity index (χ4v) is 4.49. The number of rotatable bonds is 5. The van der Waals surface area contributed by atoms with E-state index in [0.29, 0.717) is 12.8 Å². The highest BCUT2D eigenvalue weighted by Gasteiger charge is 2.38. The molecule has 0 atom stereocenters. The van der Waals surface area contributed by atoms with Gasteiger partial charge in [0, 0.05) is 11.6 Å². The number of hydrogen-bond donors (Lipinski definition) is 2. The van der Waals surface area contributed by atoms with Crippen LogP contribution in [0.25, 0.3) is 0 Å². The number of nitrogens with one attached hydrogen (secondary N) is 1. The topological polar surface area (TPSA) is 110 Å². The van der Waals surface area contributed by atoms with Gasteiger partial charge < -0.3 is 5.11 Å². The molecule has 0 saturated heterocycles. The van der Waals surface area contributed by atoms with Crippen molar-refractivity contribution in [3.63, 3.8) is 0 Å². The van der Waals surface area contributed by atoms with Crippen LogP contribution in [0.5, 0.6) is 0 Å². The molecule has 0 radical (unpaired) electrons. The first kappa shape index (κ1) is 15.9. The lowest BCUT2D eigenvalue weighted by molar-refractivity contribution is -0.385. The Labute approximate surface area is 123 Å². The number of nitrogens with zero attached hydrogens (tertiary/aromatic N) is 1. The molecule has 0 aliphatic heterocycles. The second-order valence-corrected chi connectivity index (χ2v) is 7.06. The molecule has 1 aromatic rings. The maximum Gasteiger partial charge on any atom is 0.273 e. The number of aliphatic hydroxyl groups is 1. The second kappa shape index (κ2) is 5.70. The molecule has 1 fully saturated rings. The van der Waals surface area contributed by atoms with Gasteiger partial charge in [0.15, 0.2) is 0 Å². The molecule has 1 aromatic carbocycles. The largest absolute Gasteiger partial charge is 0.394 e. The van der Waals surface area contributed by atoms with Crippen LogP contribution in [0.4, 0.5) is 5.69 Å². The first-order valence-electron chi connectivity index (χ1n) is 6.70. The van der Waals surface area contributed by atoms with Crippen LogP contribution in [-0.2, 0) is 10.0 Å². The summed E-state index contributed by atoms with van der Waals surface area (Å²) in [6, 6.07) is 3.95. The zero-order valence-electron chi connectivity index (χ0n) is 11.7. The molecular formula is C13H18N2O5S. The van der Waals surface area contributed by atoms with Gasteiger partial charge >= 0.3 is 0 Å². The monoisotopic (exact) mass is 314 g/mol. The van der Waals surface area contributed by atoms with Crippen LogP contribution in [0.1, 0.15) is 31.2 Å². The van der Waals surface area contributed by atoms with E-state index in [1.807, 2.05) is 0 Å². The van der Waals surface area contributed by atoms with Crippen LogP contribution in [0.2, 0.25) is 0 Å². The number of benzene rings is 1. The molecule has 1 aliphatic rings. The van der Waals surface area contributed by atoms with Crippen molar-refractivity contribution >= 4 is 15.7 Å². The van der Waals surface area contributed by atoms with Gasteiger partial charge in [-0.25, -0.2) is 13.1 Å². The van der Waals surface area contributed by atoms with Gasteiger partial charge in [-0.05, 0) is 25.8 Å². The van der Waals surface area contributed by atoms with Gasteiger partial charge in [0.2, 0.25) is 10.0 Å². The zero-order chi connectivity index (χ0) is 15.7. The Morgan fingerprint density at radius 2 is 2.00 bits per heavy atom. The van der Waals surface area contributed by atoms with Gasteiger partial charge in [0.1, 0.15) is 0 Å². The first-order chi connectivity index (χ1) is 9.81. The van der Waals surface area contributed by atoms with E-state index in [9.17, 15) is 23.6 Å². The minimum atomic E-state index is -3.92. The lowest BCUT2D eigenvalue weighted by Gasteiger charge is -2.27. The molecule has 21 heavy (non-hydrogen) atoms. The minimum absolute atomic E-state index is 0.0982. The van der Waals surface area contributed by atoms with Crippen LogP contribution < -0.4 is 4.72 Å². The van der Waals surface area contributed by atoms with Crippen molar-refractivity contribution in [2.75, 3.05) is 6.61 Å². The smallest absolute Gasteiger partial charge is 0.273 e. The van der Waals surface area contributed by atoms with Crippen molar-refractivity contribution in [1.82, 2.24) is 4.72 Å². The summed E-state index contributed by atoms with van der Waals surface area (Å²) in [6.07, 6.45) is 2.82. The predicted octanol–water partition coefficient (Wildman–Crippen LogP) is 1.49. The number of hydrogen-bond acceptors (Lipinski definition) is 5. The molecule has 1 aliphatic carbocycles. The van der Waals surface area contributed by atoms with Gasteiger partial charge in [-0.1, -0.05) is 18.9 Å². The Morgan fingerprint density at radius 1 is 1.38 bits per heavy atom. The van der Waals surface area contributed by atoms with E-state index in [0.717, 1.165) is 12.8 Å². The van der Waals surface area contributed by atoms with Crippen LogP contribution in [0, 0.1) is 17.0 Å². The van der Waals surface area contributed by atoms with Crippen molar-refractivity contribution in [3.05, 3.63) is 33.9 Å². The lowest BCUT2D eigenvalue weighted by Crippen LogP contribution is -2.49. The van der Waals surface area contributed by atoms with Crippen molar-refractivity contribution in [1.29, 1.82) is 0 Å². The highest BCUT2D eigenvalue weighted by Crippen LogP contribution is 2.32. The molecule has 7 nitrogen and oxygen atoms in total. The van der Waals surface area contributed by atoms with E-state index in [4.69, 9.17) is 0 Å². The van der Waals surface area contributed by atoms with Crippen molar-refractivity contribution in [2.24, 2.45) is 0 Å². The summed E-state index contributed by atoms with van der Waals surface area (Å²) in [4.78, 5) is 10.2. The van der Waals surface area contributed by atoms with Gasteiger partial charge in [-0.2, -0.15) is 0 Å². The van der Waals surface area contributed by atoms with Gasteiger partial charge in [0.25, 0.3) is 5.69 Å². The fraction of sp³-hybridized carbons (Fsp3) is 0.538. The van der Waals surface area contributed by atoms with Gasteiger partial charge in [-0.15, -0.1) is 0 Å². The number of aliphatic hydroxyl groups excluding tert-OH is 1. The molecule has 0 bridgehead atoms. The normalized spacial score (nSPS) is 17.8. The zero-order valence-corrected chi connectivity index (χ0v) is 12.5. The summed E-state index contributed by atoms with van der Waals surface area (Å²) in [5.41, 5.74) is -0.987. The van der Waals surface area contributed by atoms with Crippen molar-refractivity contribution < 1.29 is 18.4 Å². The summed E-state index contributed by atoms with van der Waals surface area (Å²) >= 11 is 0. The van der Waals surface area contributed by atoms with E-state index >= 15 is 0 Å². The van der Waals surface area contributed by atoms with E-state index < -0.39 is 20.5 Å². The molecular weight excluding hydrogens is 296 g/mol. The molecule has 2 rings (SSSR count). The van der Waals surface area contributed by atoms with E-state index in [1.165, 1.54) is 25.1 Å². The molecule has 116 valence electrons. The van der Waals surface area contributed by atoms with Crippen molar-refractivity contribution in [3.8, 4) is 0 Å². The summed E-state index contributed by atoms with van der Waals surface area (Å²) in [5, 5.41) is 20.4. The number of nitro benzene ring substituents is 1. The summed E-state index contributed by atoms with van der Waals surface area (Å²) in [7, 11) is -3.92. The minimum Gasteiger partial charge on any atom is -0.394 e. The Kier molecular flexibility index (Phi) is 4.31. The molecule has 1 saturated carbocycles. The molecule has 0 heterocycles. The van der Waals surface area contributed by atoms with Crippen LogP contribution in [0.15, 0.2) is 23.1 Å². The van der Waals surface area contributed by atoms with Crippen LogP contribution >= 0.6 is 0 Å². The summed E-state index contributed by atoms with van der Waals surface area (Å²) < 4.78 is 27.5. The molecule has 0 unspecified atom stereocenters. The second-order valence-electron chi connectivity index (χ2n) is 5.41. The van der Waals surface area contributed by atoms with Crippen LogP contribution in [0.3, 0.4) is 0 Å². The van der Waals surface area contributed by atoms with Gasteiger partial charge in [-0.3, -0.25) is 10.1 Å². The quantitative estimate of drug-likeness (QED) is 0.632.